The SMILES string of the molecule is C/C=C/C1=[N+](CCCS(=O)(=O)[O-])c2cc(C(=O)NCCCCCCOP(=O)(O)OP(=O)(O)OP(=O)(O)OP(=O)(O)OP(=O)(O)OP(=O)(O)OCC3OC(n4cc(C)c(=O)[nH]c4=O)CC3O)cc(C(=O)O)c2C1(C)C.C/C=C1/N(CCCS(=O)(=O)O)c2cc(C(=O)NCCCCCCOP(=O)(O)OP(=O)(O)OP(=O)(O)OP(=O)(O)OP(=O)(O)OP(=O)(O)OC[C@@H]3O[C@H](n4cc(C)c(=O)[nH]c4=O)C[C@@H]3O)cc(C(=O)O)c2C1(C)C. The lowest BCUT2D eigenvalue weighted by atomic mass is 9.78. The molecular formula is C67H104N8O58P12S2. The normalized spacial score (nSPS) is 23.0. The molecule has 80 heteroatoms. The Kier molecular flexibility index (Phi) is 44.1. The number of amides is 2. The number of aromatic amines is 2. The standard InChI is InChI=1S/C34H52N4O29P6S.C33H52N4O29P6S/c1-5-11-27-34(3,4)29-23(32(42)43)16-22(17-24(29)37(27)13-10-15-74(57,58)59)31(41)35-12-8-6-7-9-14-60-68(45,46)63-70(49,50)65-72(53,54)67-73(55,56)66-71(51,52)64-69(47,48)61-20-26-25(39)18-28(62-26)38-19-21(2)30(40)36-33(38)44;1-5-26-33(3,4)28-22(31(41)42)15-21(16-23(28)36(26)12-10-14-73(56,57)58)30(40)34-11-8-6-7-9-13-59-67(44,45)62-69(48,49)64-71(52,53)66-72(54,55)65-70(50,51)63-68(46,47)60-19-25-24(38)17-27(61-25)37-18-20(2)29(39)35-32(37)43/h5,11,16-17,19,25-26,28,39H,6-10,12-15,18,20H2,1-4H3,(H9-,35,36,40,41,42,43,44,45,46,47,48,49,50,51,52,53,54,55,56,57,58,59);5,15-16,18,24-25,27,38H,6-14,17,19H2,1-4H3,(H,34,40)(H,41,42)(H,44,45)(H,46,47)(H,48,49)(H,50,51)(H,52,53)(H,54,55)(H,35,39,43)(H,56,57,58)/b11-5+;26-5+/t;24-,25-,27-/m.0/s1. The molecule has 0 spiro atoms. The van der Waals surface area contributed by atoms with Gasteiger partial charge in [-0.3, -0.25) is 60.9 Å². The molecule has 4 aliphatic heterocycles. The number of nitrogens with zero attached hydrogens (tertiary/aromatic N) is 4. The van der Waals surface area contributed by atoms with Gasteiger partial charge in [0.05, 0.1) is 76.6 Å². The Morgan fingerprint density at radius 1 is 0.490 bits per heavy atom. The number of phosphoric acid groups is 12. The van der Waals surface area contributed by atoms with E-state index < -0.39 is 246 Å². The van der Waals surface area contributed by atoms with Crippen molar-refractivity contribution < 1.29 is 254 Å². The number of hydrogen-bond acceptors (Lipinski definition) is 44. The Hall–Kier alpha value is -5.99. The van der Waals surface area contributed by atoms with Crippen LogP contribution in [0, 0.1) is 13.8 Å². The van der Waals surface area contributed by atoms with Gasteiger partial charge in [-0.05, 0) is 91.8 Å². The number of carbonyl (C=O) groups is 4. The fourth-order valence-electron chi connectivity index (χ4n) is 14.7. The lowest BCUT2D eigenvalue weighted by molar-refractivity contribution is -0.437. The van der Waals surface area contributed by atoms with E-state index in [1.807, 2.05) is 9.97 Å². The van der Waals surface area contributed by atoms with Crippen LogP contribution in [0.4, 0.5) is 11.4 Å². The van der Waals surface area contributed by atoms with Gasteiger partial charge in [0, 0.05) is 114 Å². The van der Waals surface area contributed by atoms with Crippen LogP contribution in [0.3, 0.4) is 0 Å². The van der Waals surface area contributed by atoms with E-state index in [1.165, 1.54) is 38.1 Å². The molecule has 0 aliphatic carbocycles. The molecule has 8 rings (SSSR count). The number of aromatic nitrogens is 4. The fourth-order valence-corrected chi connectivity index (χ4v) is 31.3. The highest BCUT2D eigenvalue weighted by atomic mass is 32.2. The van der Waals surface area contributed by atoms with Gasteiger partial charge in [-0.25, -0.2) is 82.4 Å². The summed E-state index contributed by atoms with van der Waals surface area (Å²) >= 11 is 0. The Balaban J connectivity index is 0.000000398. The van der Waals surface area contributed by atoms with Crippen LogP contribution >= 0.6 is 93.9 Å². The molecule has 832 valence electrons. The van der Waals surface area contributed by atoms with Crippen LogP contribution < -0.4 is 38.0 Å². The van der Waals surface area contributed by atoms with E-state index in [0.29, 0.717) is 46.8 Å². The first-order chi connectivity index (χ1) is 67.1. The third-order valence-electron chi connectivity index (χ3n) is 20.5. The van der Waals surface area contributed by atoms with E-state index in [0.717, 1.165) is 21.5 Å². The number of carboxylic acid groups (broad SMARTS) is 2. The lowest BCUT2D eigenvalue weighted by Crippen LogP contribution is -2.33. The highest BCUT2D eigenvalue weighted by Crippen LogP contribution is 2.78. The van der Waals surface area contributed by atoms with Crippen molar-refractivity contribution in [3.05, 3.63) is 147 Å². The number of phosphoric ester groups is 4. The van der Waals surface area contributed by atoms with Crippen LogP contribution in [0.15, 0.2) is 79.8 Å². The Bertz CT molecular complexity index is 6840. The molecule has 0 saturated carbocycles. The fraction of sp³-hybridized carbons (Fsp3) is 0.567. The maximum atomic E-state index is 13.2. The van der Waals surface area contributed by atoms with Gasteiger partial charge in [-0.15, -0.1) is 0 Å². The second kappa shape index (κ2) is 50.7. The van der Waals surface area contributed by atoms with Crippen molar-refractivity contribution in [3.8, 4) is 0 Å². The van der Waals surface area contributed by atoms with E-state index in [1.54, 1.807) is 69.2 Å². The van der Waals surface area contributed by atoms with Crippen LogP contribution in [0.2, 0.25) is 0 Å². The average Bonchev–Trinajstić information content (AvgIpc) is 1.57. The minimum atomic E-state index is -6.56. The van der Waals surface area contributed by atoms with Gasteiger partial charge in [0.1, 0.15) is 31.2 Å². The van der Waals surface area contributed by atoms with Gasteiger partial charge in [0.15, 0.2) is 5.71 Å². The summed E-state index contributed by atoms with van der Waals surface area (Å²) in [5, 5.41) is 46.0. The molecule has 4 aliphatic rings. The largest absolute Gasteiger partial charge is 0.748 e. The van der Waals surface area contributed by atoms with E-state index in [2.05, 4.69) is 71.8 Å². The van der Waals surface area contributed by atoms with Gasteiger partial charge < -0.3 is 109 Å². The Labute approximate surface area is 830 Å². The molecule has 15 unspecified atom stereocenters. The molecule has 21 N–H and O–H groups in total. The molecule has 2 saturated heterocycles. The van der Waals surface area contributed by atoms with Crippen molar-refractivity contribution in [2.75, 3.05) is 69.0 Å². The third kappa shape index (κ3) is 39.1. The molecule has 0 bridgehead atoms. The van der Waals surface area contributed by atoms with Gasteiger partial charge >= 0.3 is 117 Å². The first-order valence-electron chi connectivity index (χ1n) is 42.0. The number of benzene rings is 2. The van der Waals surface area contributed by atoms with Crippen molar-refractivity contribution in [2.24, 2.45) is 0 Å². The van der Waals surface area contributed by atoms with Crippen LogP contribution in [0.25, 0.3) is 0 Å². The lowest BCUT2D eigenvalue weighted by Gasteiger charge is -2.27. The van der Waals surface area contributed by atoms with Gasteiger partial charge in [0.2, 0.25) is 5.69 Å². The molecule has 2 aromatic heterocycles. The number of unbranched alkanes of at least 4 members (excludes halogenated alkanes) is 6. The first kappa shape index (κ1) is 128. The van der Waals surface area contributed by atoms with Crippen molar-refractivity contribution in [1.29, 1.82) is 0 Å². The zero-order valence-electron chi connectivity index (χ0n) is 77.5. The van der Waals surface area contributed by atoms with Gasteiger partial charge in [-0.1, -0.05) is 51.7 Å². The van der Waals surface area contributed by atoms with E-state index in [-0.39, 0.29) is 124 Å². The number of aliphatic hydroxyl groups is 2. The maximum absolute atomic E-state index is 13.2. The second-order valence-electron chi connectivity index (χ2n) is 32.7. The zero-order chi connectivity index (χ0) is 111. The zero-order valence-corrected chi connectivity index (χ0v) is 89.9. The summed E-state index contributed by atoms with van der Waals surface area (Å²) in [7, 11) is -83.6. The minimum absolute atomic E-state index is 0.0148. The molecule has 18 atom stereocenters. The Morgan fingerprint density at radius 3 is 1.18 bits per heavy atom. The average molecular weight is 2390 g/mol. The molecule has 6 heterocycles. The number of rotatable bonds is 57. The quantitative estimate of drug-likeness (QED) is 0.0105. The molecule has 2 aromatic carbocycles. The second-order valence-corrected chi connectivity index (χ2v) is 54.6. The number of nitrogens with one attached hydrogen (secondary N) is 4. The summed E-state index contributed by atoms with van der Waals surface area (Å²) in [6.45, 7) is 9.70. The molecular weight excluding hydrogens is 2280 g/mol. The minimum Gasteiger partial charge on any atom is -0.748 e. The number of anilines is 1. The van der Waals surface area contributed by atoms with Crippen LogP contribution in [0.5, 0.6) is 0 Å². The third-order valence-corrected chi connectivity index (χ3v) is 40.6. The number of aliphatic hydroxyl groups excluding tert-OH is 2. The van der Waals surface area contributed by atoms with Gasteiger partial charge in [-0.2, -0.15) is 56.1 Å². The summed E-state index contributed by atoms with van der Waals surface area (Å²) in [6.07, 6.45) is -0.646. The number of fused-ring (bicyclic) bond motifs is 2. The van der Waals surface area contributed by atoms with E-state index >= 15 is 0 Å². The number of H-pyrrole nitrogens is 2. The number of carbonyl (C=O) groups excluding carboxylic acids is 2. The van der Waals surface area contributed by atoms with Crippen LogP contribution in [0.1, 0.15) is 195 Å². The summed E-state index contributed by atoms with van der Waals surface area (Å²) < 4.78 is 282. The highest BCUT2D eigenvalue weighted by Gasteiger charge is 2.55. The van der Waals surface area contributed by atoms with Crippen molar-refractivity contribution in [3.63, 3.8) is 0 Å². The van der Waals surface area contributed by atoms with E-state index in [4.69, 9.17) is 9.47 Å². The molecule has 147 heavy (non-hydrogen) atoms. The summed E-state index contributed by atoms with van der Waals surface area (Å²) in [4.78, 5) is 222. The smallest absolute Gasteiger partial charge is 0.490 e. The topological polar surface area (TPSA) is 996 Å². The van der Waals surface area contributed by atoms with Crippen molar-refractivity contribution in [2.45, 2.75) is 180 Å². The molecule has 4 aromatic rings. The van der Waals surface area contributed by atoms with Gasteiger partial charge in [0.25, 0.3) is 33.1 Å². The number of hydrogen-bond donors (Lipinski definition) is 21. The number of carboxylic acids is 2. The predicted molar refractivity (Wildman–Crippen MR) is 494 cm³/mol. The number of ether oxygens (including phenoxy) is 2. The molecule has 2 fully saturated rings. The summed E-state index contributed by atoms with van der Waals surface area (Å²) in [6, 6.07) is 5.32. The number of aromatic carboxylic acids is 2. The first-order valence-corrected chi connectivity index (χ1v) is 63.2. The molecule has 66 nitrogen and oxygen atoms in total. The Morgan fingerprint density at radius 2 is 0.837 bits per heavy atom. The highest BCUT2D eigenvalue weighted by molar-refractivity contribution is 7.86. The maximum Gasteiger partial charge on any atom is 0.490 e. The van der Waals surface area contributed by atoms with E-state index in [9.17, 15) is 198 Å². The monoisotopic (exact) mass is 2380 g/mol. The van der Waals surface area contributed by atoms with Crippen molar-refractivity contribution in [1.82, 2.24) is 29.7 Å². The molecule has 0 radical (unpaired) electrons. The van der Waals surface area contributed by atoms with Crippen molar-refractivity contribution >= 4 is 155 Å². The van der Waals surface area contributed by atoms with Crippen LogP contribution in [-0.2, 0) is 157 Å². The summed E-state index contributed by atoms with van der Waals surface area (Å²) in [5.74, 6) is -5.23. The number of allylic oxidation sites excluding steroid dienone is 4. The molecule has 2 amide bonds. The summed E-state index contributed by atoms with van der Waals surface area (Å²) in [5.41, 5.74) is -2.72. The predicted octanol–water partition coefficient (Wildman–Crippen LogP) is 5.97. The van der Waals surface area contributed by atoms with Crippen LogP contribution in [-0.4, -0.2) is 247 Å². The number of aryl methyl sites for hydroxylation is 2.